The van der Waals surface area contributed by atoms with E-state index in [2.05, 4.69) is 10.0 Å². The summed E-state index contributed by atoms with van der Waals surface area (Å²) < 4.78 is 44.1. The van der Waals surface area contributed by atoms with Crippen molar-refractivity contribution in [3.8, 4) is 17.2 Å². The van der Waals surface area contributed by atoms with Crippen LogP contribution in [0, 0.1) is 0 Å². The van der Waals surface area contributed by atoms with Gasteiger partial charge in [0.1, 0.15) is 16.7 Å². The number of hydrogen-bond acceptors (Lipinski definition) is 7. The Balaban J connectivity index is 1.70. The molecule has 10 heteroatoms. The van der Waals surface area contributed by atoms with Crippen LogP contribution in [-0.2, 0) is 21.4 Å². The average Bonchev–Trinajstić information content (AvgIpc) is 3.22. The molecule has 1 atom stereocenters. The van der Waals surface area contributed by atoms with Crippen molar-refractivity contribution in [1.29, 1.82) is 0 Å². The van der Waals surface area contributed by atoms with E-state index in [9.17, 15) is 13.2 Å². The molecule has 1 amide bonds. The van der Waals surface area contributed by atoms with Crippen LogP contribution in [0.1, 0.15) is 12.0 Å². The maximum Gasteiger partial charge on any atom is 0.244 e. The molecule has 0 fully saturated rings. The fourth-order valence-corrected chi connectivity index (χ4v) is 4.81. The van der Waals surface area contributed by atoms with Gasteiger partial charge in [0.25, 0.3) is 0 Å². The van der Waals surface area contributed by atoms with Gasteiger partial charge >= 0.3 is 0 Å². The summed E-state index contributed by atoms with van der Waals surface area (Å²) in [6.45, 7) is 0.411. The standard InChI is InChI=1S/C20H24N2O6S2/c1-26-17-5-3-4-6-19(17)30(24,25)22-15(9-10-29-2)20(23)21-12-14-7-8-16-18(11-14)28-13-27-16/h3-8,11,15,22H,9-10,12-13H2,1-2H3,(H,21,23). The highest BCUT2D eigenvalue weighted by Gasteiger charge is 2.27. The zero-order chi connectivity index (χ0) is 21.6. The topological polar surface area (TPSA) is 103 Å². The van der Waals surface area contributed by atoms with Crippen LogP contribution in [0.5, 0.6) is 17.2 Å². The Kier molecular flexibility index (Phi) is 7.46. The largest absolute Gasteiger partial charge is 0.495 e. The van der Waals surface area contributed by atoms with Gasteiger partial charge < -0.3 is 19.5 Å². The fourth-order valence-electron chi connectivity index (χ4n) is 2.93. The van der Waals surface area contributed by atoms with Gasteiger partial charge in [-0.05, 0) is 48.3 Å². The minimum atomic E-state index is -3.95. The van der Waals surface area contributed by atoms with Crippen LogP contribution >= 0.6 is 11.8 Å². The Hall–Kier alpha value is -2.43. The van der Waals surface area contributed by atoms with Crippen LogP contribution in [0.15, 0.2) is 47.4 Å². The lowest BCUT2D eigenvalue weighted by Gasteiger charge is -2.19. The van der Waals surface area contributed by atoms with Crippen molar-refractivity contribution < 1.29 is 27.4 Å². The van der Waals surface area contributed by atoms with E-state index >= 15 is 0 Å². The second-order valence-electron chi connectivity index (χ2n) is 6.51. The number of carbonyl (C=O) groups is 1. The third-order valence-corrected chi connectivity index (χ3v) is 6.64. The molecule has 0 aliphatic carbocycles. The van der Waals surface area contributed by atoms with E-state index in [0.717, 1.165) is 5.56 Å². The number of rotatable bonds is 10. The van der Waals surface area contributed by atoms with Gasteiger partial charge in [0.05, 0.1) is 7.11 Å². The van der Waals surface area contributed by atoms with E-state index in [0.29, 0.717) is 23.7 Å². The molecule has 0 saturated heterocycles. The monoisotopic (exact) mass is 452 g/mol. The van der Waals surface area contributed by atoms with Crippen molar-refractivity contribution in [1.82, 2.24) is 10.0 Å². The smallest absolute Gasteiger partial charge is 0.244 e. The number of carbonyl (C=O) groups excluding carboxylic acids is 1. The molecular formula is C20H24N2O6S2. The maximum atomic E-state index is 12.9. The highest BCUT2D eigenvalue weighted by Crippen LogP contribution is 2.32. The number of hydrogen-bond donors (Lipinski definition) is 2. The number of amides is 1. The van der Waals surface area contributed by atoms with E-state index < -0.39 is 22.0 Å². The Morgan fingerprint density at radius 3 is 2.73 bits per heavy atom. The second-order valence-corrected chi connectivity index (χ2v) is 9.18. The Labute approximate surface area is 180 Å². The van der Waals surface area contributed by atoms with Crippen molar-refractivity contribution in [3.63, 3.8) is 0 Å². The van der Waals surface area contributed by atoms with Gasteiger partial charge in [0.2, 0.25) is 22.7 Å². The van der Waals surface area contributed by atoms with Crippen molar-refractivity contribution in [2.75, 3.05) is 25.9 Å². The highest BCUT2D eigenvalue weighted by atomic mass is 32.2. The molecule has 3 rings (SSSR count). The van der Waals surface area contributed by atoms with Crippen molar-refractivity contribution in [2.45, 2.75) is 23.9 Å². The van der Waals surface area contributed by atoms with Crippen LogP contribution in [-0.4, -0.2) is 46.3 Å². The van der Waals surface area contributed by atoms with Crippen LogP contribution < -0.4 is 24.2 Å². The van der Waals surface area contributed by atoms with Gasteiger partial charge in [-0.2, -0.15) is 16.5 Å². The van der Waals surface area contributed by atoms with Gasteiger partial charge in [0.15, 0.2) is 11.5 Å². The summed E-state index contributed by atoms with van der Waals surface area (Å²) in [6, 6.07) is 10.8. The maximum absolute atomic E-state index is 12.9. The minimum absolute atomic E-state index is 0.00905. The number of nitrogens with one attached hydrogen (secondary N) is 2. The number of fused-ring (bicyclic) bond motifs is 1. The predicted octanol–water partition coefficient (Wildman–Crippen LogP) is 2.14. The molecule has 1 heterocycles. The Bertz CT molecular complexity index is 997. The number of ether oxygens (including phenoxy) is 3. The molecule has 2 N–H and O–H groups in total. The van der Waals surface area contributed by atoms with Crippen LogP contribution in [0.3, 0.4) is 0 Å². The molecule has 0 bridgehead atoms. The van der Waals surface area contributed by atoms with Gasteiger partial charge in [-0.1, -0.05) is 18.2 Å². The van der Waals surface area contributed by atoms with Gasteiger partial charge in [-0.25, -0.2) is 8.42 Å². The van der Waals surface area contributed by atoms with Crippen LogP contribution in [0.2, 0.25) is 0 Å². The molecule has 0 aromatic heterocycles. The summed E-state index contributed by atoms with van der Waals surface area (Å²) in [5.74, 6) is 1.72. The first-order valence-corrected chi connectivity index (χ1v) is 12.1. The van der Waals surface area contributed by atoms with E-state index in [-0.39, 0.29) is 24.0 Å². The summed E-state index contributed by atoms with van der Waals surface area (Å²) >= 11 is 1.53. The van der Waals surface area contributed by atoms with Gasteiger partial charge in [-0.15, -0.1) is 0 Å². The summed E-state index contributed by atoms with van der Waals surface area (Å²) in [4.78, 5) is 12.8. The second kappa shape index (κ2) is 10.1. The molecule has 1 aliphatic rings. The zero-order valence-electron chi connectivity index (χ0n) is 16.7. The van der Waals surface area contributed by atoms with E-state index in [4.69, 9.17) is 14.2 Å². The molecule has 0 saturated carbocycles. The summed E-state index contributed by atoms with van der Waals surface area (Å²) in [5.41, 5.74) is 0.823. The molecule has 0 radical (unpaired) electrons. The lowest BCUT2D eigenvalue weighted by atomic mass is 10.2. The molecular weight excluding hydrogens is 428 g/mol. The molecule has 0 spiro atoms. The predicted molar refractivity (Wildman–Crippen MR) is 115 cm³/mol. The molecule has 162 valence electrons. The summed E-state index contributed by atoms with van der Waals surface area (Å²) in [5, 5.41) is 2.80. The number of thioether (sulfide) groups is 1. The molecule has 2 aromatic carbocycles. The molecule has 1 aliphatic heterocycles. The average molecular weight is 453 g/mol. The SMILES string of the molecule is COc1ccccc1S(=O)(=O)NC(CCSC)C(=O)NCc1ccc2c(c1)OCO2. The van der Waals surface area contributed by atoms with Crippen molar-refractivity contribution >= 4 is 27.7 Å². The number of benzene rings is 2. The summed E-state index contributed by atoms with van der Waals surface area (Å²) in [7, 11) is -2.55. The lowest BCUT2D eigenvalue weighted by molar-refractivity contribution is -0.122. The zero-order valence-corrected chi connectivity index (χ0v) is 18.3. The lowest BCUT2D eigenvalue weighted by Crippen LogP contribution is -2.46. The number of para-hydroxylation sites is 1. The normalized spacial score (nSPS) is 13.7. The minimum Gasteiger partial charge on any atom is -0.495 e. The quantitative estimate of drug-likeness (QED) is 0.569. The van der Waals surface area contributed by atoms with Crippen LogP contribution in [0.4, 0.5) is 0 Å². The molecule has 2 aromatic rings. The third-order valence-electron chi connectivity index (χ3n) is 4.49. The molecule has 30 heavy (non-hydrogen) atoms. The number of methoxy groups -OCH3 is 1. The third kappa shape index (κ3) is 5.38. The summed E-state index contributed by atoms with van der Waals surface area (Å²) in [6.07, 6.45) is 2.25. The Morgan fingerprint density at radius 2 is 1.97 bits per heavy atom. The number of sulfonamides is 1. The first kappa shape index (κ1) is 22.3. The van der Waals surface area contributed by atoms with Crippen molar-refractivity contribution in [2.24, 2.45) is 0 Å². The van der Waals surface area contributed by atoms with Crippen molar-refractivity contribution in [3.05, 3.63) is 48.0 Å². The van der Waals surface area contributed by atoms with Gasteiger partial charge in [-0.3, -0.25) is 4.79 Å². The first-order valence-electron chi connectivity index (χ1n) is 9.25. The highest BCUT2D eigenvalue weighted by molar-refractivity contribution is 7.98. The molecule has 8 nitrogen and oxygen atoms in total. The van der Waals surface area contributed by atoms with E-state index in [1.807, 2.05) is 12.3 Å². The Morgan fingerprint density at radius 1 is 1.20 bits per heavy atom. The molecule has 1 unspecified atom stereocenters. The van der Waals surface area contributed by atoms with Gasteiger partial charge in [0, 0.05) is 6.54 Å². The van der Waals surface area contributed by atoms with Crippen LogP contribution in [0.25, 0.3) is 0 Å². The van der Waals surface area contributed by atoms with E-state index in [1.165, 1.54) is 24.9 Å². The fraction of sp³-hybridized carbons (Fsp3) is 0.350. The first-order chi connectivity index (χ1) is 14.4. The van der Waals surface area contributed by atoms with E-state index in [1.54, 1.807) is 30.3 Å².